The van der Waals surface area contributed by atoms with Gasteiger partial charge in [-0.2, -0.15) is 5.48 Å². The molecule has 0 heterocycles. The molecule has 1 N–H and O–H groups in total. The quantitative estimate of drug-likeness (QED) is 0.232. The number of benzene rings is 1. The van der Waals surface area contributed by atoms with Crippen LogP contribution in [-0.4, -0.2) is 12.8 Å². The molecule has 0 saturated heterocycles. The van der Waals surface area contributed by atoms with E-state index >= 15 is 0 Å². The van der Waals surface area contributed by atoms with Crippen LogP contribution >= 0.6 is 0 Å². The highest BCUT2D eigenvalue weighted by Crippen LogP contribution is 2.16. The number of nitrogens with zero attached hydrogens (tertiary/aromatic N) is 1. The van der Waals surface area contributed by atoms with Crippen LogP contribution in [0.5, 0.6) is 0 Å². The fraction of sp³-hybridized carbons (Fsp3) is 0.348. The minimum atomic E-state index is 0.564. The van der Waals surface area contributed by atoms with Crippen molar-refractivity contribution in [3.05, 3.63) is 83.1 Å². The molecular weight excluding hydrogens is 320 g/mol. The number of nitrogens with one attached hydrogen (secondary N) is 1. The normalized spacial score (nSPS) is 13.5. The standard InChI is InChI=1S/C23H32N2O/c1-6-10-23(21(5)15-16-24-19(2)3)14-13-20(4)17-25-26-18-22-11-8-7-9-12-22/h7-9,11-16,25H,2,6,10,17-18H2,1,3-5H3/b20-13+,21-15+,23-14+,24-16?. The van der Waals surface area contributed by atoms with E-state index in [4.69, 9.17) is 4.84 Å². The third-order valence-electron chi connectivity index (χ3n) is 3.75. The van der Waals surface area contributed by atoms with E-state index in [1.807, 2.05) is 37.4 Å². The maximum absolute atomic E-state index is 5.52. The van der Waals surface area contributed by atoms with E-state index in [1.54, 1.807) is 0 Å². The van der Waals surface area contributed by atoms with E-state index in [9.17, 15) is 0 Å². The van der Waals surface area contributed by atoms with Crippen LogP contribution in [0.25, 0.3) is 0 Å². The van der Waals surface area contributed by atoms with Crippen molar-refractivity contribution in [1.82, 2.24) is 5.48 Å². The van der Waals surface area contributed by atoms with Gasteiger partial charge in [0.25, 0.3) is 0 Å². The van der Waals surface area contributed by atoms with Gasteiger partial charge >= 0.3 is 0 Å². The Kier molecular flexibility index (Phi) is 10.9. The molecule has 1 aromatic carbocycles. The minimum Gasteiger partial charge on any atom is -0.297 e. The third-order valence-corrected chi connectivity index (χ3v) is 3.75. The van der Waals surface area contributed by atoms with Crippen molar-refractivity contribution in [3.8, 4) is 0 Å². The first kappa shape index (κ1) is 21.8. The van der Waals surface area contributed by atoms with E-state index in [0.29, 0.717) is 13.2 Å². The van der Waals surface area contributed by atoms with Crippen LogP contribution in [-0.2, 0) is 11.4 Å². The van der Waals surface area contributed by atoms with Gasteiger partial charge in [-0.1, -0.05) is 68.0 Å². The van der Waals surface area contributed by atoms with Gasteiger partial charge in [0.1, 0.15) is 0 Å². The highest BCUT2D eigenvalue weighted by atomic mass is 16.6. The Morgan fingerprint density at radius 2 is 1.85 bits per heavy atom. The summed E-state index contributed by atoms with van der Waals surface area (Å²) in [4.78, 5) is 9.73. The van der Waals surface area contributed by atoms with Gasteiger partial charge in [-0.25, -0.2) is 0 Å². The van der Waals surface area contributed by atoms with Gasteiger partial charge in [-0.15, -0.1) is 0 Å². The first-order chi connectivity index (χ1) is 12.5. The Hall–Kier alpha value is -2.23. The van der Waals surface area contributed by atoms with Crippen molar-refractivity contribution in [1.29, 1.82) is 0 Å². The van der Waals surface area contributed by atoms with Gasteiger partial charge in [0.2, 0.25) is 0 Å². The van der Waals surface area contributed by atoms with E-state index in [0.717, 1.165) is 24.1 Å². The maximum atomic E-state index is 5.52. The largest absolute Gasteiger partial charge is 0.297 e. The molecule has 0 aliphatic carbocycles. The number of hydrogen-bond donors (Lipinski definition) is 1. The average molecular weight is 353 g/mol. The zero-order valence-corrected chi connectivity index (χ0v) is 16.6. The molecule has 1 rings (SSSR count). The fourth-order valence-corrected chi connectivity index (χ4v) is 2.24. The number of hydroxylamine groups is 1. The van der Waals surface area contributed by atoms with Gasteiger partial charge in [-0.3, -0.25) is 9.83 Å². The lowest BCUT2D eigenvalue weighted by atomic mass is 10.0. The summed E-state index contributed by atoms with van der Waals surface area (Å²) in [6.07, 6.45) is 10.4. The molecule has 0 amide bonds. The molecule has 3 heteroatoms. The predicted molar refractivity (Wildman–Crippen MR) is 113 cm³/mol. The molecule has 0 spiro atoms. The summed E-state index contributed by atoms with van der Waals surface area (Å²) in [6.45, 7) is 13.3. The summed E-state index contributed by atoms with van der Waals surface area (Å²) in [5.74, 6) is 0. The second-order valence-electron chi connectivity index (χ2n) is 6.41. The molecule has 0 fully saturated rings. The highest BCUT2D eigenvalue weighted by Gasteiger charge is 1.98. The van der Waals surface area contributed by atoms with Crippen molar-refractivity contribution in [2.24, 2.45) is 4.99 Å². The first-order valence-corrected chi connectivity index (χ1v) is 9.14. The van der Waals surface area contributed by atoms with Gasteiger partial charge < -0.3 is 0 Å². The van der Waals surface area contributed by atoms with E-state index in [1.165, 1.54) is 16.7 Å². The van der Waals surface area contributed by atoms with Crippen LogP contribution in [0.3, 0.4) is 0 Å². The smallest absolute Gasteiger partial charge is 0.0933 e. The van der Waals surface area contributed by atoms with Crippen LogP contribution < -0.4 is 5.48 Å². The molecule has 0 aliphatic rings. The van der Waals surface area contributed by atoms with E-state index in [-0.39, 0.29) is 0 Å². The molecule has 0 saturated carbocycles. The van der Waals surface area contributed by atoms with Crippen LogP contribution in [0.1, 0.15) is 46.1 Å². The van der Waals surface area contributed by atoms with Crippen molar-refractivity contribution in [2.75, 3.05) is 6.54 Å². The molecule has 0 bridgehead atoms. The fourth-order valence-electron chi connectivity index (χ4n) is 2.24. The Bertz CT molecular complexity index is 667. The Morgan fingerprint density at radius 3 is 2.50 bits per heavy atom. The topological polar surface area (TPSA) is 33.6 Å². The molecule has 0 aromatic heterocycles. The van der Waals surface area contributed by atoms with Gasteiger partial charge in [0.05, 0.1) is 6.61 Å². The van der Waals surface area contributed by atoms with Crippen LogP contribution in [0.2, 0.25) is 0 Å². The predicted octanol–water partition coefficient (Wildman–Crippen LogP) is 5.93. The number of rotatable bonds is 11. The lowest BCUT2D eigenvalue weighted by molar-refractivity contribution is 0.0337. The van der Waals surface area contributed by atoms with Crippen molar-refractivity contribution >= 4 is 6.21 Å². The van der Waals surface area contributed by atoms with Gasteiger partial charge in [-0.05, 0) is 50.0 Å². The van der Waals surface area contributed by atoms with Crippen LogP contribution in [0.15, 0.2) is 82.5 Å². The van der Waals surface area contributed by atoms with Gasteiger partial charge in [0.15, 0.2) is 0 Å². The molecule has 140 valence electrons. The summed E-state index contributed by atoms with van der Waals surface area (Å²) in [6, 6.07) is 10.1. The monoisotopic (exact) mass is 352 g/mol. The van der Waals surface area contributed by atoms with Crippen molar-refractivity contribution in [2.45, 2.75) is 47.1 Å². The summed E-state index contributed by atoms with van der Waals surface area (Å²) in [5, 5.41) is 0. The maximum Gasteiger partial charge on any atom is 0.0933 e. The van der Waals surface area contributed by atoms with E-state index in [2.05, 4.69) is 62.1 Å². The molecule has 3 nitrogen and oxygen atoms in total. The Balaban J connectivity index is 2.55. The molecule has 0 radical (unpaired) electrons. The molecule has 0 atom stereocenters. The summed E-state index contributed by atoms with van der Waals surface area (Å²) in [5.41, 5.74) is 8.76. The lowest BCUT2D eigenvalue weighted by Gasteiger charge is -2.07. The number of hydrogen-bond acceptors (Lipinski definition) is 3. The number of allylic oxidation sites excluding steroid dienone is 6. The van der Waals surface area contributed by atoms with Gasteiger partial charge in [0, 0.05) is 18.5 Å². The summed E-state index contributed by atoms with van der Waals surface area (Å²) >= 11 is 0. The first-order valence-electron chi connectivity index (χ1n) is 9.14. The number of aliphatic imine (C=N–C) groups is 1. The summed E-state index contributed by atoms with van der Waals surface area (Å²) in [7, 11) is 0. The minimum absolute atomic E-state index is 0.564. The molecule has 0 unspecified atom stereocenters. The lowest BCUT2D eigenvalue weighted by Crippen LogP contribution is -2.16. The second-order valence-corrected chi connectivity index (χ2v) is 6.41. The molecule has 1 aromatic rings. The zero-order valence-electron chi connectivity index (χ0n) is 16.6. The summed E-state index contributed by atoms with van der Waals surface area (Å²) < 4.78 is 0. The molecule has 0 aliphatic heterocycles. The highest BCUT2D eigenvalue weighted by molar-refractivity contribution is 5.74. The van der Waals surface area contributed by atoms with Crippen LogP contribution in [0.4, 0.5) is 0 Å². The molecule has 26 heavy (non-hydrogen) atoms. The molecular formula is C23H32N2O. The third kappa shape index (κ3) is 9.92. The van der Waals surface area contributed by atoms with Crippen molar-refractivity contribution in [3.63, 3.8) is 0 Å². The van der Waals surface area contributed by atoms with Crippen LogP contribution in [0, 0.1) is 0 Å². The Labute approximate surface area is 158 Å². The zero-order chi connectivity index (χ0) is 19.2. The second kappa shape index (κ2) is 13.0. The van der Waals surface area contributed by atoms with Crippen molar-refractivity contribution < 1.29 is 4.84 Å². The SMILES string of the molecule is C=C(C)N=C/C=C(C)/C(=C/C=C(\C)CNOCc1ccccc1)CCC. The average Bonchev–Trinajstić information content (AvgIpc) is 2.62. The van der Waals surface area contributed by atoms with E-state index < -0.39 is 0 Å². The Morgan fingerprint density at radius 1 is 1.12 bits per heavy atom.